The van der Waals surface area contributed by atoms with Crippen molar-refractivity contribution in [2.75, 3.05) is 26.3 Å². The Labute approximate surface area is 150 Å². The molecule has 0 aromatic carbocycles. The van der Waals surface area contributed by atoms with Crippen LogP contribution >= 0.6 is 0 Å². The predicted molar refractivity (Wildman–Crippen MR) is 84.9 cm³/mol. The van der Waals surface area contributed by atoms with Crippen molar-refractivity contribution in [2.45, 2.75) is 37.8 Å². The summed E-state index contributed by atoms with van der Waals surface area (Å²) >= 11 is 0. The lowest BCUT2D eigenvalue weighted by Crippen LogP contribution is -2.51. The topological polar surface area (TPSA) is 143 Å². The van der Waals surface area contributed by atoms with Crippen molar-refractivity contribution < 1.29 is 36.4 Å². The number of amides is 3. The number of Topliss-reactive ketones (excluding diaryl/α,β-unsaturated/α-hetero) is 1. The Morgan fingerprint density at radius 1 is 1.23 bits per heavy atom. The van der Waals surface area contributed by atoms with E-state index in [0.29, 0.717) is 44.0 Å². The summed E-state index contributed by atoms with van der Waals surface area (Å²) in [4.78, 5) is 38.0. The molecule has 26 heavy (non-hydrogen) atoms. The van der Waals surface area contributed by atoms with E-state index in [9.17, 15) is 22.8 Å². The summed E-state index contributed by atoms with van der Waals surface area (Å²) in [5, 5.41) is 3.14. The number of hydroxylamine groups is 2. The molecule has 0 aliphatic carbocycles. The average Bonchev–Trinajstić information content (AvgIpc) is 2.84. The lowest BCUT2D eigenvalue weighted by molar-refractivity contribution is -0.131. The van der Waals surface area contributed by atoms with Crippen LogP contribution in [0.15, 0.2) is 0 Å². The fourth-order valence-corrected chi connectivity index (χ4v) is 3.95. The van der Waals surface area contributed by atoms with E-state index in [1.165, 1.54) is 4.90 Å². The molecule has 3 fully saturated rings. The maximum atomic E-state index is 12.4. The molecule has 3 amide bonds. The number of ketones is 1. The van der Waals surface area contributed by atoms with E-state index in [4.69, 9.17) is 9.29 Å². The van der Waals surface area contributed by atoms with Crippen molar-refractivity contribution in [1.82, 2.24) is 15.3 Å². The highest BCUT2D eigenvalue weighted by molar-refractivity contribution is 7.80. The normalized spacial score (nSPS) is 26.9. The number of hydrogen-bond acceptors (Lipinski definition) is 7. The Morgan fingerprint density at radius 2 is 1.92 bits per heavy atom. The molecule has 3 rings (SSSR count). The third kappa shape index (κ3) is 4.14. The molecular formula is C14H21N3O8S. The summed E-state index contributed by atoms with van der Waals surface area (Å²) in [5.41, 5.74) is 0. The first kappa shape index (κ1) is 19.0. The molecule has 12 heteroatoms. The number of carbonyl (C=O) groups excluding carboxylic acids is 3. The zero-order chi connectivity index (χ0) is 18.9. The number of ether oxygens (including phenoxy) is 1. The van der Waals surface area contributed by atoms with Crippen LogP contribution in [0.3, 0.4) is 0 Å². The van der Waals surface area contributed by atoms with Crippen molar-refractivity contribution >= 4 is 28.1 Å². The molecule has 0 spiro atoms. The van der Waals surface area contributed by atoms with Gasteiger partial charge >= 0.3 is 16.4 Å². The van der Waals surface area contributed by atoms with E-state index in [1.54, 1.807) is 0 Å². The Morgan fingerprint density at radius 3 is 2.58 bits per heavy atom. The van der Waals surface area contributed by atoms with Crippen LogP contribution in [-0.4, -0.2) is 79.0 Å². The Kier molecular flexibility index (Phi) is 5.46. The van der Waals surface area contributed by atoms with Gasteiger partial charge in [0.1, 0.15) is 6.04 Å². The molecular weight excluding hydrogens is 370 g/mol. The second kappa shape index (κ2) is 7.47. The van der Waals surface area contributed by atoms with Gasteiger partial charge in [0.05, 0.1) is 12.6 Å². The van der Waals surface area contributed by atoms with E-state index in [2.05, 4.69) is 9.60 Å². The first-order chi connectivity index (χ1) is 12.3. The van der Waals surface area contributed by atoms with Crippen LogP contribution in [0.25, 0.3) is 0 Å². The summed E-state index contributed by atoms with van der Waals surface area (Å²) in [7, 11) is -4.83. The first-order valence-electron chi connectivity index (χ1n) is 8.41. The highest BCUT2D eigenvalue weighted by atomic mass is 32.3. The molecule has 0 radical (unpaired) electrons. The van der Waals surface area contributed by atoms with E-state index in [-0.39, 0.29) is 24.8 Å². The van der Waals surface area contributed by atoms with Gasteiger partial charge in [-0.1, -0.05) is 0 Å². The molecule has 2 N–H and O–H groups in total. The zero-order valence-electron chi connectivity index (χ0n) is 14.0. The number of nitrogens with zero attached hydrogens (tertiary/aromatic N) is 2. The highest BCUT2D eigenvalue weighted by Crippen LogP contribution is 2.30. The van der Waals surface area contributed by atoms with Gasteiger partial charge in [-0.2, -0.15) is 13.5 Å². The quantitative estimate of drug-likeness (QED) is 0.555. The number of urea groups is 1. The predicted octanol–water partition coefficient (Wildman–Crippen LogP) is -0.899. The van der Waals surface area contributed by atoms with Crippen molar-refractivity contribution in [3.63, 3.8) is 0 Å². The molecule has 3 aliphatic heterocycles. The van der Waals surface area contributed by atoms with Crippen molar-refractivity contribution in [1.29, 1.82) is 0 Å². The van der Waals surface area contributed by atoms with Crippen molar-refractivity contribution in [3.05, 3.63) is 0 Å². The molecule has 0 aromatic rings. The monoisotopic (exact) mass is 391 g/mol. The maximum Gasteiger partial charge on any atom is 0.418 e. The number of rotatable bonds is 6. The minimum Gasteiger partial charge on any atom is -0.381 e. The van der Waals surface area contributed by atoms with Gasteiger partial charge in [0.2, 0.25) is 5.91 Å². The van der Waals surface area contributed by atoms with Crippen molar-refractivity contribution in [3.8, 4) is 0 Å². The third-order valence-electron chi connectivity index (χ3n) is 4.91. The zero-order valence-corrected chi connectivity index (χ0v) is 14.8. The van der Waals surface area contributed by atoms with Crippen LogP contribution in [0.4, 0.5) is 4.79 Å². The van der Waals surface area contributed by atoms with Gasteiger partial charge in [-0.25, -0.2) is 4.79 Å². The Hall–Kier alpha value is -1.76. The average molecular weight is 391 g/mol. The second-order valence-corrected chi connectivity index (χ2v) is 7.59. The molecule has 0 saturated carbocycles. The van der Waals surface area contributed by atoms with Crippen LogP contribution in [0.2, 0.25) is 0 Å². The molecule has 2 bridgehead atoms. The fourth-order valence-electron chi connectivity index (χ4n) is 3.56. The standard InChI is InChI=1S/C14H21N3O8S/c18-12(9-3-5-24-6-4-9)7-15-13(19)11-2-1-10-8-16(11)14(20)17(10)25-26(21,22)23/h9-11H,1-8H2,(H,15,19)(H,21,22,23)/t10-,11+/m1/s1. The molecule has 11 nitrogen and oxygen atoms in total. The van der Waals surface area contributed by atoms with Gasteiger partial charge in [-0.3, -0.25) is 14.1 Å². The van der Waals surface area contributed by atoms with Crippen LogP contribution in [0, 0.1) is 5.92 Å². The summed E-state index contributed by atoms with van der Waals surface area (Å²) in [6.07, 6.45) is 1.90. The van der Waals surface area contributed by atoms with Crippen LogP contribution in [0.5, 0.6) is 0 Å². The lowest BCUT2D eigenvalue weighted by Gasteiger charge is -2.29. The summed E-state index contributed by atoms with van der Waals surface area (Å²) in [5.74, 6) is -0.669. The van der Waals surface area contributed by atoms with E-state index in [0.717, 1.165) is 0 Å². The molecule has 0 unspecified atom stereocenters. The maximum absolute atomic E-state index is 12.4. The number of carbonyl (C=O) groups is 3. The first-order valence-corrected chi connectivity index (χ1v) is 9.78. The number of fused-ring (bicyclic) bond motifs is 2. The number of piperidine rings is 1. The molecule has 3 heterocycles. The van der Waals surface area contributed by atoms with Gasteiger partial charge in [0.15, 0.2) is 5.78 Å². The van der Waals surface area contributed by atoms with E-state index in [1.807, 2.05) is 0 Å². The van der Waals surface area contributed by atoms with Crippen LogP contribution in [0.1, 0.15) is 25.7 Å². The highest BCUT2D eigenvalue weighted by Gasteiger charge is 2.49. The Balaban J connectivity index is 1.56. The lowest BCUT2D eigenvalue weighted by atomic mass is 9.95. The number of nitrogens with one attached hydrogen (secondary N) is 1. The summed E-state index contributed by atoms with van der Waals surface area (Å²) in [6.45, 7) is 1.05. The van der Waals surface area contributed by atoms with E-state index < -0.39 is 34.4 Å². The third-order valence-corrected chi connectivity index (χ3v) is 5.26. The number of hydrogen-bond donors (Lipinski definition) is 2. The van der Waals surface area contributed by atoms with Crippen LogP contribution < -0.4 is 5.32 Å². The summed E-state index contributed by atoms with van der Waals surface area (Å²) < 4.78 is 40.0. The molecule has 0 aromatic heterocycles. The van der Waals surface area contributed by atoms with Gasteiger partial charge < -0.3 is 15.0 Å². The fraction of sp³-hybridized carbons (Fsp3) is 0.786. The van der Waals surface area contributed by atoms with Gasteiger partial charge in [0.25, 0.3) is 0 Å². The molecule has 3 aliphatic rings. The Bertz CT molecular complexity index is 690. The minimum absolute atomic E-state index is 0.0700. The largest absolute Gasteiger partial charge is 0.418 e. The molecule has 146 valence electrons. The summed E-state index contributed by atoms with van der Waals surface area (Å²) in [6, 6.07) is -2.17. The van der Waals surface area contributed by atoms with Crippen molar-refractivity contribution in [2.24, 2.45) is 5.92 Å². The van der Waals surface area contributed by atoms with Gasteiger partial charge in [-0.15, -0.1) is 4.28 Å². The van der Waals surface area contributed by atoms with Gasteiger partial charge in [0, 0.05) is 25.7 Å². The van der Waals surface area contributed by atoms with Gasteiger partial charge in [-0.05, 0) is 25.7 Å². The minimum atomic E-state index is -4.83. The second-order valence-electron chi connectivity index (χ2n) is 6.58. The molecule has 3 saturated heterocycles. The SMILES string of the molecule is O=C(CNC(=O)[C@@H]1CC[C@@H]2CN1C(=O)N2OS(=O)(=O)O)C1CCOCC1. The molecule has 2 atom stereocenters. The van der Waals surface area contributed by atoms with Crippen LogP contribution in [-0.2, 0) is 29.0 Å². The smallest absolute Gasteiger partial charge is 0.381 e. The van der Waals surface area contributed by atoms with E-state index >= 15 is 0 Å².